The second-order valence-electron chi connectivity index (χ2n) is 8.43. The van der Waals surface area contributed by atoms with Gasteiger partial charge in [-0.3, -0.25) is 0 Å². The molecule has 1 aromatic heterocycles. The summed E-state index contributed by atoms with van der Waals surface area (Å²) >= 11 is 0. The van der Waals surface area contributed by atoms with Crippen molar-refractivity contribution in [2.75, 3.05) is 7.11 Å². The number of hydrogen-bond donors (Lipinski definition) is 1. The number of ether oxygens (including phenoxy) is 1. The van der Waals surface area contributed by atoms with Crippen molar-refractivity contribution in [1.82, 2.24) is 14.9 Å². The number of benzene rings is 1. The van der Waals surface area contributed by atoms with E-state index in [1.807, 2.05) is 24.8 Å². The molecule has 5 unspecified atom stereocenters. The third-order valence-electron chi connectivity index (χ3n) is 6.90. The van der Waals surface area contributed by atoms with Crippen LogP contribution in [0.15, 0.2) is 30.6 Å². The number of hydrogen-bond acceptors (Lipinski definition) is 4. The number of halogens is 1. The number of nitrogens with zero attached hydrogens (tertiary/aromatic N) is 3. The Labute approximate surface area is 170 Å². The number of aryl methyl sites for hydroxylation is 1. The van der Waals surface area contributed by atoms with E-state index >= 15 is 0 Å². The van der Waals surface area contributed by atoms with Gasteiger partial charge < -0.3 is 15.4 Å². The van der Waals surface area contributed by atoms with Gasteiger partial charge in [0.25, 0.3) is 0 Å². The molecule has 0 spiro atoms. The van der Waals surface area contributed by atoms with E-state index < -0.39 is 17.4 Å². The van der Waals surface area contributed by atoms with E-state index in [0.717, 1.165) is 29.5 Å². The quantitative estimate of drug-likeness (QED) is 0.853. The Morgan fingerprint density at radius 1 is 1.38 bits per heavy atom. The van der Waals surface area contributed by atoms with Crippen LogP contribution in [0.1, 0.15) is 43.7 Å². The molecule has 2 aliphatic heterocycles. The minimum Gasteiger partial charge on any atom is -0.379 e. The largest absolute Gasteiger partial charge is 0.379 e. The molecule has 3 heterocycles. The number of carbonyl (C=O) groups excluding carboxylic acids is 1. The summed E-state index contributed by atoms with van der Waals surface area (Å²) in [5.41, 5.74) is 8.28. The number of piperidine rings is 1. The maximum Gasteiger partial charge on any atom is 0.315 e. The van der Waals surface area contributed by atoms with Gasteiger partial charge in [-0.05, 0) is 49.8 Å². The monoisotopic (exact) mass is 398 g/mol. The van der Waals surface area contributed by atoms with E-state index in [4.69, 9.17) is 10.5 Å². The van der Waals surface area contributed by atoms with Gasteiger partial charge in [0.15, 0.2) is 11.6 Å². The number of rotatable bonds is 4. The van der Waals surface area contributed by atoms with Crippen LogP contribution >= 0.6 is 0 Å². The highest BCUT2D eigenvalue weighted by molar-refractivity contribution is 5.76. The highest BCUT2D eigenvalue weighted by Gasteiger charge is 2.66. The van der Waals surface area contributed by atoms with Crippen molar-refractivity contribution in [3.8, 4) is 11.4 Å². The first-order valence-corrected chi connectivity index (χ1v) is 9.99. The molecule has 2 amide bonds. The third-order valence-corrected chi connectivity index (χ3v) is 6.90. The first-order valence-electron chi connectivity index (χ1n) is 9.99. The second-order valence-corrected chi connectivity index (χ2v) is 8.43. The van der Waals surface area contributed by atoms with E-state index in [1.165, 1.54) is 12.4 Å². The van der Waals surface area contributed by atoms with Crippen molar-refractivity contribution >= 4 is 6.03 Å². The highest BCUT2D eigenvalue weighted by Crippen LogP contribution is 2.59. The van der Waals surface area contributed by atoms with Crippen LogP contribution in [-0.2, 0) is 4.74 Å². The Balaban J connectivity index is 1.82. The van der Waals surface area contributed by atoms with Gasteiger partial charge in [0.2, 0.25) is 0 Å². The first-order chi connectivity index (χ1) is 13.8. The molecule has 1 aliphatic carbocycles. The topological polar surface area (TPSA) is 81.3 Å². The van der Waals surface area contributed by atoms with Crippen LogP contribution in [0.3, 0.4) is 0 Å². The minimum atomic E-state index is -0.473. The van der Waals surface area contributed by atoms with Crippen LogP contribution in [0.2, 0.25) is 0 Å². The zero-order chi connectivity index (χ0) is 20.9. The molecule has 0 radical (unpaired) electrons. The molecule has 2 aromatic rings. The Bertz CT molecular complexity index is 935. The SMILES string of the molecule is COC(C)C12CC(CC(C)C1c1ccc(C)c(-c3ncc(F)cn3)c1)N2C(N)=O. The van der Waals surface area contributed by atoms with Crippen LogP contribution < -0.4 is 5.73 Å². The Morgan fingerprint density at radius 3 is 2.69 bits per heavy atom. The molecule has 2 N–H and O–H groups in total. The molecule has 2 saturated heterocycles. The van der Waals surface area contributed by atoms with Gasteiger partial charge in [0, 0.05) is 24.6 Å². The van der Waals surface area contributed by atoms with E-state index in [0.29, 0.717) is 11.7 Å². The molecule has 29 heavy (non-hydrogen) atoms. The average molecular weight is 398 g/mol. The van der Waals surface area contributed by atoms with Gasteiger partial charge in [0.05, 0.1) is 24.0 Å². The molecule has 2 bridgehead atoms. The molecule has 3 aliphatic rings. The molecule has 3 fully saturated rings. The summed E-state index contributed by atoms with van der Waals surface area (Å²) in [5.74, 6) is 0.441. The lowest BCUT2D eigenvalue weighted by molar-refractivity contribution is -0.171. The summed E-state index contributed by atoms with van der Waals surface area (Å²) in [7, 11) is 1.68. The summed E-state index contributed by atoms with van der Waals surface area (Å²) < 4.78 is 19.0. The smallest absolute Gasteiger partial charge is 0.315 e. The molecule has 1 aromatic carbocycles. The Morgan fingerprint density at radius 2 is 2.07 bits per heavy atom. The van der Waals surface area contributed by atoms with E-state index in [2.05, 4.69) is 29.0 Å². The van der Waals surface area contributed by atoms with E-state index in [1.54, 1.807) is 7.11 Å². The van der Waals surface area contributed by atoms with E-state index in [-0.39, 0.29) is 18.1 Å². The molecule has 1 saturated carbocycles. The zero-order valence-electron chi connectivity index (χ0n) is 17.2. The molecular formula is C22H27FN4O2. The maximum atomic E-state index is 13.3. The fourth-order valence-electron chi connectivity index (χ4n) is 5.66. The predicted octanol–water partition coefficient (Wildman–Crippen LogP) is 3.64. The number of primary amides is 1. The van der Waals surface area contributed by atoms with Crippen molar-refractivity contribution in [2.45, 2.75) is 57.2 Å². The van der Waals surface area contributed by atoms with Crippen molar-refractivity contribution in [2.24, 2.45) is 11.7 Å². The highest BCUT2D eigenvalue weighted by atomic mass is 19.1. The number of carbonyl (C=O) groups is 1. The molecule has 154 valence electrons. The van der Waals surface area contributed by atoms with Gasteiger partial charge in [-0.15, -0.1) is 0 Å². The van der Waals surface area contributed by atoms with Gasteiger partial charge in [-0.1, -0.05) is 19.1 Å². The summed E-state index contributed by atoms with van der Waals surface area (Å²) in [4.78, 5) is 22.5. The van der Waals surface area contributed by atoms with Gasteiger partial charge in [0.1, 0.15) is 0 Å². The minimum absolute atomic E-state index is 0.0646. The molecule has 6 nitrogen and oxygen atoms in total. The molecule has 5 atom stereocenters. The number of aromatic nitrogens is 2. The summed E-state index contributed by atoms with van der Waals surface area (Å²) in [6.45, 7) is 6.22. The summed E-state index contributed by atoms with van der Waals surface area (Å²) in [6, 6.07) is 5.99. The summed E-state index contributed by atoms with van der Waals surface area (Å²) in [5, 5.41) is 0. The van der Waals surface area contributed by atoms with Crippen molar-refractivity contribution in [3.63, 3.8) is 0 Å². The van der Waals surface area contributed by atoms with Crippen LogP contribution in [0.25, 0.3) is 11.4 Å². The fourth-order valence-corrected chi connectivity index (χ4v) is 5.66. The van der Waals surface area contributed by atoms with Crippen molar-refractivity contribution in [1.29, 1.82) is 0 Å². The lowest BCUT2D eigenvalue weighted by Crippen LogP contribution is -2.79. The first kappa shape index (κ1) is 19.8. The third kappa shape index (κ3) is 2.90. The standard InChI is InChI=1S/C22H27FN4O2/c1-12-5-6-15(8-18(12)20-25-10-16(23)11-26-20)19-13(2)7-17-9-22(19,14(3)29-4)27(17)21(24)28/h5-6,8,10-11,13-14,17,19H,7,9H2,1-4H3,(H2,24,28). The number of nitrogens with two attached hydrogens (primary N) is 1. The van der Waals surface area contributed by atoms with Gasteiger partial charge >= 0.3 is 6.03 Å². The van der Waals surface area contributed by atoms with Crippen LogP contribution in [0, 0.1) is 18.7 Å². The zero-order valence-corrected chi connectivity index (χ0v) is 17.2. The average Bonchev–Trinajstić information content (AvgIpc) is 2.67. The Hall–Kier alpha value is -2.54. The lowest BCUT2D eigenvalue weighted by Gasteiger charge is -2.68. The van der Waals surface area contributed by atoms with Crippen molar-refractivity contribution < 1.29 is 13.9 Å². The second kappa shape index (κ2) is 7.06. The van der Waals surface area contributed by atoms with Crippen LogP contribution in [0.5, 0.6) is 0 Å². The van der Waals surface area contributed by atoms with Crippen molar-refractivity contribution in [3.05, 3.63) is 47.5 Å². The molecular weight excluding hydrogens is 371 g/mol. The van der Waals surface area contributed by atoms with Crippen LogP contribution in [0.4, 0.5) is 9.18 Å². The maximum absolute atomic E-state index is 13.3. The summed E-state index contributed by atoms with van der Waals surface area (Å²) in [6.07, 6.45) is 3.97. The van der Waals surface area contributed by atoms with Gasteiger partial charge in [-0.25, -0.2) is 19.2 Å². The molecule has 5 rings (SSSR count). The molecule has 7 heteroatoms. The number of methoxy groups -OCH3 is 1. The van der Waals surface area contributed by atoms with Crippen LogP contribution in [-0.4, -0.2) is 45.7 Å². The predicted molar refractivity (Wildman–Crippen MR) is 108 cm³/mol. The number of fused-ring (bicyclic) bond motifs is 2. The Kier molecular flexibility index (Phi) is 4.81. The number of amides is 2. The normalized spacial score (nSPS) is 29.3. The van der Waals surface area contributed by atoms with E-state index in [9.17, 15) is 9.18 Å². The number of urea groups is 1. The van der Waals surface area contributed by atoms with Gasteiger partial charge in [-0.2, -0.15) is 0 Å². The fraction of sp³-hybridized carbons (Fsp3) is 0.500. The lowest BCUT2D eigenvalue weighted by atomic mass is 9.54.